The summed E-state index contributed by atoms with van der Waals surface area (Å²) in [6.45, 7) is 4.32. The van der Waals surface area contributed by atoms with Crippen LogP contribution in [0.5, 0.6) is 0 Å². The van der Waals surface area contributed by atoms with E-state index in [2.05, 4.69) is 47.0 Å². The van der Waals surface area contributed by atoms with Crippen molar-refractivity contribution in [2.24, 2.45) is 7.05 Å². The number of fused-ring (bicyclic) bond motifs is 1. The molecule has 1 aromatic heterocycles. The van der Waals surface area contributed by atoms with Crippen LogP contribution in [-0.2, 0) is 13.5 Å². The summed E-state index contributed by atoms with van der Waals surface area (Å²) in [5.41, 5.74) is 2.34. The van der Waals surface area contributed by atoms with Crippen molar-refractivity contribution in [1.29, 1.82) is 0 Å². The zero-order valence-electron chi connectivity index (χ0n) is 10.7. The van der Waals surface area contributed by atoms with Crippen LogP contribution in [0.4, 0.5) is 0 Å². The highest BCUT2D eigenvalue weighted by Crippen LogP contribution is 2.15. The number of para-hydroxylation sites is 2. The summed E-state index contributed by atoms with van der Waals surface area (Å²) in [6.07, 6.45) is 3.48. The van der Waals surface area contributed by atoms with Crippen molar-refractivity contribution in [3.63, 3.8) is 0 Å². The predicted molar refractivity (Wildman–Crippen MR) is 72.2 cm³/mol. The van der Waals surface area contributed by atoms with Gasteiger partial charge in [0.25, 0.3) is 0 Å². The standard InChI is InChI=1S/C14H21N3/c1-3-15-11-7-6-10-14-16-12-8-4-5-9-13(12)17(14)2/h4-5,8-9,15H,3,6-7,10-11H2,1-2H3. The second-order valence-corrected chi connectivity index (χ2v) is 4.39. The molecule has 3 nitrogen and oxygen atoms in total. The van der Waals surface area contributed by atoms with Crippen molar-refractivity contribution < 1.29 is 0 Å². The van der Waals surface area contributed by atoms with E-state index < -0.39 is 0 Å². The van der Waals surface area contributed by atoms with Crippen molar-refractivity contribution >= 4 is 11.0 Å². The summed E-state index contributed by atoms with van der Waals surface area (Å²) < 4.78 is 2.21. The van der Waals surface area contributed by atoms with E-state index in [-0.39, 0.29) is 0 Å². The van der Waals surface area contributed by atoms with E-state index in [1.807, 2.05) is 6.07 Å². The molecule has 92 valence electrons. The van der Waals surface area contributed by atoms with Crippen LogP contribution in [0.15, 0.2) is 24.3 Å². The fourth-order valence-electron chi connectivity index (χ4n) is 2.13. The Morgan fingerprint density at radius 3 is 2.82 bits per heavy atom. The van der Waals surface area contributed by atoms with Gasteiger partial charge in [0, 0.05) is 13.5 Å². The molecule has 0 spiro atoms. The molecule has 0 saturated heterocycles. The van der Waals surface area contributed by atoms with Crippen LogP contribution in [-0.4, -0.2) is 22.6 Å². The molecule has 0 aliphatic rings. The third-order valence-electron chi connectivity index (χ3n) is 3.13. The van der Waals surface area contributed by atoms with Gasteiger partial charge in [-0.2, -0.15) is 0 Å². The first kappa shape index (κ1) is 12.1. The van der Waals surface area contributed by atoms with Gasteiger partial charge < -0.3 is 9.88 Å². The topological polar surface area (TPSA) is 29.9 Å². The molecule has 0 amide bonds. The van der Waals surface area contributed by atoms with Crippen molar-refractivity contribution in [2.75, 3.05) is 13.1 Å². The summed E-state index contributed by atoms with van der Waals surface area (Å²) in [7, 11) is 2.11. The SMILES string of the molecule is CCNCCCCc1nc2ccccc2n1C. The highest BCUT2D eigenvalue weighted by molar-refractivity contribution is 5.75. The number of unbranched alkanes of at least 4 members (excludes halogenated alkanes) is 1. The number of benzene rings is 1. The minimum absolute atomic E-state index is 1.06. The molecular formula is C14H21N3. The van der Waals surface area contributed by atoms with Gasteiger partial charge in [-0.15, -0.1) is 0 Å². The lowest BCUT2D eigenvalue weighted by atomic mass is 10.2. The van der Waals surface area contributed by atoms with Gasteiger partial charge in [0.05, 0.1) is 11.0 Å². The van der Waals surface area contributed by atoms with Gasteiger partial charge in [-0.05, 0) is 38.1 Å². The summed E-state index contributed by atoms with van der Waals surface area (Å²) in [5, 5.41) is 3.35. The Hall–Kier alpha value is -1.35. The number of imidazole rings is 1. The van der Waals surface area contributed by atoms with Crippen LogP contribution in [0.3, 0.4) is 0 Å². The van der Waals surface area contributed by atoms with Gasteiger partial charge in [-0.1, -0.05) is 19.1 Å². The molecule has 0 aliphatic heterocycles. The molecule has 17 heavy (non-hydrogen) atoms. The normalized spacial score (nSPS) is 11.2. The smallest absolute Gasteiger partial charge is 0.109 e. The maximum atomic E-state index is 4.67. The lowest BCUT2D eigenvalue weighted by Gasteiger charge is -2.03. The van der Waals surface area contributed by atoms with Crippen LogP contribution in [0.25, 0.3) is 11.0 Å². The van der Waals surface area contributed by atoms with Crippen LogP contribution in [0.1, 0.15) is 25.6 Å². The van der Waals surface area contributed by atoms with Crippen molar-refractivity contribution in [3.8, 4) is 0 Å². The van der Waals surface area contributed by atoms with Crippen LogP contribution >= 0.6 is 0 Å². The van der Waals surface area contributed by atoms with E-state index >= 15 is 0 Å². The molecule has 1 aromatic carbocycles. The monoisotopic (exact) mass is 231 g/mol. The molecular weight excluding hydrogens is 210 g/mol. The first-order valence-electron chi connectivity index (χ1n) is 6.44. The molecule has 1 heterocycles. The van der Waals surface area contributed by atoms with Gasteiger partial charge in [0.1, 0.15) is 5.82 Å². The fraction of sp³-hybridized carbons (Fsp3) is 0.500. The Labute approximate surface area is 103 Å². The summed E-state index contributed by atoms with van der Waals surface area (Å²) in [6, 6.07) is 8.32. The molecule has 0 fully saturated rings. The first-order chi connectivity index (χ1) is 8.33. The largest absolute Gasteiger partial charge is 0.331 e. The molecule has 1 N–H and O–H groups in total. The van der Waals surface area contributed by atoms with Crippen LogP contribution < -0.4 is 5.32 Å². The summed E-state index contributed by atoms with van der Waals surface area (Å²) in [5.74, 6) is 1.20. The summed E-state index contributed by atoms with van der Waals surface area (Å²) in [4.78, 5) is 4.67. The van der Waals surface area contributed by atoms with Gasteiger partial charge in [0.15, 0.2) is 0 Å². The van der Waals surface area contributed by atoms with Gasteiger partial charge in [-0.3, -0.25) is 0 Å². The Bertz CT molecular complexity index is 473. The van der Waals surface area contributed by atoms with Gasteiger partial charge >= 0.3 is 0 Å². The minimum Gasteiger partial charge on any atom is -0.331 e. The molecule has 0 radical (unpaired) electrons. The highest BCUT2D eigenvalue weighted by atomic mass is 15.1. The van der Waals surface area contributed by atoms with E-state index in [0.717, 1.165) is 25.0 Å². The lowest BCUT2D eigenvalue weighted by Crippen LogP contribution is -2.14. The van der Waals surface area contributed by atoms with Crippen molar-refractivity contribution in [1.82, 2.24) is 14.9 Å². The van der Waals surface area contributed by atoms with Crippen LogP contribution in [0.2, 0.25) is 0 Å². The van der Waals surface area contributed by atoms with Gasteiger partial charge in [-0.25, -0.2) is 4.98 Å². The van der Waals surface area contributed by atoms with Crippen molar-refractivity contribution in [2.45, 2.75) is 26.2 Å². The third kappa shape index (κ3) is 2.86. The van der Waals surface area contributed by atoms with Gasteiger partial charge in [0.2, 0.25) is 0 Å². The molecule has 0 atom stereocenters. The quantitative estimate of drug-likeness (QED) is 0.774. The second kappa shape index (κ2) is 5.82. The zero-order valence-corrected chi connectivity index (χ0v) is 10.7. The minimum atomic E-state index is 1.06. The molecule has 0 bridgehead atoms. The average molecular weight is 231 g/mol. The number of hydrogen-bond donors (Lipinski definition) is 1. The van der Waals surface area contributed by atoms with E-state index in [4.69, 9.17) is 0 Å². The number of nitrogens with one attached hydrogen (secondary N) is 1. The molecule has 0 saturated carbocycles. The molecule has 2 rings (SSSR count). The zero-order chi connectivity index (χ0) is 12.1. The average Bonchev–Trinajstić information content (AvgIpc) is 2.67. The molecule has 0 aliphatic carbocycles. The van der Waals surface area contributed by atoms with E-state index in [9.17, 15) is 0 Å². The molecule has 3 heteroatoms. The lowest BCUT2D eigenvalue weighted by molar-refractivity contribution is 0.624. The first-order valence-corrected chi connectivity index (χ1v) is 6.44. The Kier molecular flexibility index (Phi) is 4.15. The van der Waals surface area contributed by atoms with E-state index in [1.165, 1.54) is 24.2 Å². The Morgan fingerprint density at radius 2 is 2.06 bits per heavy atom. The van der Waals surface area contributed by atoms with Crippen molar-refractivity contribution in [3.05, 3.63) is 30.1 Å². The van der Waals surface area contributed by atoms with E-state index in [0.29, 0.717) is 0 Å². The third-order valence-corrected chi connectivity index (χ3v) is 3.13. The maximum Gasteiger partial charge on any atom is 0.109 e. The number of rotatable bonds is 6. The maximum absolute atomic E-state index is 4.67. The number of nitrogens with zero attached hydrogens (tertiary/aromatic N) is 2. The second-order valence-electron chi connectivity index (χ2n) is 4.39. The fourth-order valence-corrected chi connectivity index (χ4v) is 2.13. The predicted octanol–water partition coefficient (Wildman–Crippen LogP) is 2.51. The highest BCUT2D eigenvalue weighted by Gasteiger charge is 2.05. The number of aryl methyl sites for hydroxylation is 2. The number of aromatic nitrogens is 2. The summed E-state index contributed by atoms with van der Waals surface area (Å²) >= 11 is 0. The molecule has 0 unspecified atom stereocenters. The Morgan fingerprint density at radius 1 is 1.24 bits per heavy atom. The van der Waals surface area contributed by atoms with E-state index in [1.54, 1.807) is 0 Å². The van der Waals surface area contributed by atoms with Crippen LogP contribution in [0, 0.1) is 0 Å². The number of hydrogen-bond acceptors (Lipinski definition) is 2. The Balaban J connectivity index is 1.97. The molecule has 2 aromatic rings.